The molecule has 0 saturated carbocycles. The smallest absolute Gasteiger partial charge is 0.269 e. The number of rotatable bonds is 4. The average molecular weight is 444 g/mol. The normalized spacial score (nSPS) is 14.6. The minimum Gasteiger partial charge on any atom is -0.461 e. The van der Waals surface area contributed by atoms with Gasteiger partial charge in [0.05, 0.1) is 12.6 Å². The van der Waals surface area contributed by atoms with Crippen LogP contribution in [0, 0.1) is 23.3 Å². The summed E-state index contributed by atoms with van der Waals surface area (Å²) in [5.74, 6) is 1.34. The maximum Gasteiger partial charge on any atom is 0.269 e. The van der Waals surface area contributed by atoms with Crippen LogP contribution >= 0.6 is 0 Å². The lowest BCUT2D eigenvalue weighted by molar-refractivity contribution is 0.262. The molecule has 0 radical (unpaired) electrons. The summed E-state index contributed by atoms with van der Waals surface area (Å²) in [7, 11) is 0. The van der Waals surface area contributed by atoms with Crippen molar-refractivity contribution >= 4 is 22.8 Å². The molecule has 0 bridgehead atoms. The first-order valence-electron chi connectivity index (χ1n) is 11.0. The van der Waals surface area contributed by atoms with Crippen molar-refractivity contribution in [2.45, 2.75) is 20.8 Å². The Hall–Kier alpha value is -4.54. The van der Waals surface area contributed by atoms with Gasteiger partial charge in [0.2, 0.25) is 0 Å². The molecule has 0 amide bonds. The minimum atomic E-state index is -0.273. The summed E-state index contributed by atoms with van der Waals surface area (Å²) in [5.41, 5.74) is 4.37. The fourth-order valence-corrected chi connectivity index (χ4v) is 3.68. The number of allylic oxidation sites excluding steroid dienone is 5. The van der Waals surface area contributed by atoms with Crippen molar-refractivity contribution < 1.29 is 4.74 Å². The first kappa shape index (κ1) is 22.6. The number of para-hydroxylation sites is 2. The highest BCUT2D eigenvalue weighted by atomic mass is 16.5. The van der Waals surface area contributed by atoms with Gasteiger partial charge in [-0.1, -0.05) is 57.2 Å². The van der Waals surface area contributed by atoms with Gasteiger partial charge in [-0.2, -0.15) is 0 Å². The third-order valence-electron chi connectivity index (χ3n) is 5.46. The SMILES string of the molecule is [C-]#[N+]C(C#N)=C1C=C(c2ccc(N(c3ccccc3)c3ccccc3)cc2)OC(C(C)(C)C)=C1. The van der Waals surface area contributed by atoms with Crippen molar-refractivity contribution in [2.24, 2.45) is 5.41 Å². The highest BCUT2D eigenvalue weighted by molar-refractivity contribution is 5.78. The van der Waals surface area contributed by atoms with Crippen LogP contribution in [0.5, 0.6) is 0 Å². The molecule has 4 heteroatoms. The Labute approximate surface area is 201 Å². The lowest BCUT2D eigenvalue weighted by Gasteiger charge is -2.28. The molecule has 0 fully saturated rings. The fraction of sp³-hybridized carbons (Fsp3) is 0.133. The predicted molar refractivity (Wildman–Crippen MR) is 137 cm³/mol. The molecule has 1 aliphatic heterocycles. The molecule has 4 rings (SSSR count). The highest BCUT2D eigenvalue weighted by Crippen LogP contribution is 2.39. The van der Waals surface area contributed by atoms with E-state index in [2.05, 4.69) is 46.1 Å². The molecule has 4 nitrogen and oxygen atoms in total. The van der Waals surface area contributed by atoms with Gasteiger partial charge in [0.15, 0.2) is 0 Å². The van der Waals surface area contributed by atoms with Gasteiger partial charge in [0.1, 0.15) is 11.5 Å². The van der Waals surface area contributed by atoms with E-state index >= 15 is 0 Å². The molecule has 0 aromatic heterocycles. The first-order chi connectivity index (χ1) is 16.4. The van der Waals surface area contributed by atoms with E-state index in [0.29, 0.717) is 11.3 Å². The number of nitrogens with zero attached hydrogens (tertiary/aromatic N) is 3. The molecule has 0 aliphatic carbocycles. The Morgan fingerprint density at radius 3 is 1.82 bits per heavy atom. The Bertz CT molecular complexity index is 1290. The van der Waals surface area contributed by atoms with Gasteiger partial charge in [-0.15, -0.1) is 0 Å². The number of hydrogen-bond acceptors (Lipinski definition) is 3. The summed E-state index contributed by atoms with van der Waals surface area (Å²) in [6.45, 7) is 13.5. The third kappa shape index (κ3) is 4.77. The second-order valence-electron chi connectivity index (χ2n) is 8.95. The van der Waals surface area contributed by atoms with Crippen molar-refractivity contribution in [2.75, 3.05) is 4.90 Å². The molecule has 0 unspecified atom stereocenters. The highest BCUT2D eigenvalue weighted by Gasteiger charge is 2.25. The Morgan fingerprint density at radius 2 is 1.35 bits per heavy atom. The monoisotopic (exact) mass is 443 g/mol. The van der Waals surface area contributed by atoms with Crippen molar-refractivity contribution in [3.05, 3.63) is 131 Å². The second kappa shape index (κ2) is 9.53. The zero-order valence-electron chi connectivity index (χ0n) is 19.5. The summed E-state index contributed by atoms with van der Waals surface area (Å²) in [4.78, 5) is 5.59. The standard InChI is InChI=1S/C30H25N3O/c1-30(2,3)29-20-23(27(21-31)32-4)19-28(34-29)22-15-17-26(18-16-22)33(24-11-7-5-8-12-24)25-13-9-6-10-14-25/h5-20H,1-3H3. The number of nitriles is 1. The van der Waals surface area contributed by atoms with E-state index in [4.69, 9.17) is 11.3 Å². The topological polar surface area (TPSA) is 40.6 Å². The van der Waals surface area contributed by atoms with E-state index < -0.39 is 0 Å². The molecule has 3 aromatic carbocycles. The zero-order chi connectivity index (χ0) is 24.1. The van der Waals surface area contributed by atoms with E-state index in [1.807, 2.05) is 75.4 Å². The summed E-state index contributed by atoms with van der Waals surface area (Å²) >= 11 is 0. The van der Waals surface area contributed by atoms with E-state index in [9.17, 15) is 5.26 Å². The molecule has 0 saturated heterocycles. The van der Waals surface area contributed by atoms with Gasteiger partial charge in [-0.25, -0.2) is 10.1 Å². The predicted octanol–water partition coefficient (Wildman–Crippen LogP) is 8.15. The van der Waals surface area contributed by atoms with Crippen LogP contribution in [0.15, 0.2) is 114 Å². The largest absolute Gasteiger partial charge is 0.461 e. The number of benzene rings is 3. The van der Waals surface area contributed by atoms with Crippen molar-refractivity contribution in [1.82, 2.24) is 0 Å². The summed E-state index contributed by atoms with van der Waals surface area (Å²) in [5, 5.41) is 9.41. The van der Waals surface area contributed by atoms with Crippen molar-refractivity contribution in [3.8, 4) is 6.07 Å². The minimum absolute atomic E-state index is 0.0542. The van der Waals surface area contributed by atoms with Gasteiger partial charge < -0.3 is 9.64 Å². The van der Waals surface area contributed by atoms with E-state index in [-0.39, 0.29) is 11.1 Å². The molecule has 0 N–H and O–H groups in total. The lowest BCUT2D eigenvalue weighted by atomic mass is 9.90. The molecule has 1 heterocycles. The molecule has 34 heavy (non-hydrogen) atoms. The van der Waals surface area contributed by atoms with Crippen molar-refractivity contribution in [3.63, 3.8) is 0 Å². The summed E-state index contributed by atoms with van der Waals surface area (Å²) in [6.07, 6.45) is 3.56. The zero-order valence-corrected chi connectivity index (χ0v) is 19.5. The van der Waals surface area contributed by atoms with Gasteiger partial charge in [0, 0.05) is 28.0 Å². The number of hydrogen-bond donors (Lipinski definition) is 0. The fourth-order valence-electron chi connectivity index (χ4n) is 3.68. The number of anilines is 3. The second-order valence-corrected chi connectivity index (χ2v) is 8.95. The van der Waals surface area contributed by atoms with Gasteiger partial charge >= 0.3 is 0 Å². The van der Waals surface area contributed by atoms with Crippen LogP contribution in [0.4, 0.5) is 17.1 Å². The van der Waals surface area contributed by atoms with E-state index in [1.54, 1.807) is 12.2 Å². The molecule has 3 aromatic rings. The maximum absolute atomic E-state index is 9.41. The maximum atomic E-state index is 9.41. The number of ether oxygens (including phenoxy) is 1. The summed E-state index contributed by atoms with van der Waals surface area (Å²) < 4.78 is 6.24. The first-order valence-corrected chi connectivity index (χ1v) is 11.0. The molecular formula is C30H25N3O. The Balaban J connectivity index is 1.75. The van der Waals surface area contributed by atoms with Crippen LogP contribution in [0.2, 0.25) is 0 Å². The quantitative estimate of drug-likeness (QED) is 0.302. The van der Waals surface area contributed by atoms with E-state index in [0.717, 1.165) is 28.4 Å². The van der Waals surface area contributed by atoms with Gasteiger partial charge in [-0.3, -0.25) is 0 Å². The Morgan fingerprint density at radius 1 is 0.824 bits per heavy atom. The average Bonchev–Trinajstić information content (AvgIpc) is 2.86. The molecule has 0 spiro atoms. The van der Waals surface area contributed by atoms with Crippen molar-refractivity contribution in [1.29, 1.82) is 5.26 Å². The molecule has 1 aliphatic rings. The van der Waals surface area contributed by atoms with E-state index in [1.165, 1.54) is 0 Å². The van der Waals surface area contributed by atoms with Gasteiger partial charge in [0.25, 0.3) is 5.70 Å². The third-order valence-corrected chi connectivity index (χ3v) is 5.46. The van der Waals surface area contributed by atoms with Crippen LogP contribution in [-0.4, -0.2) is 0 Å². The molecule has 0 atom stereocenters. The molecule has 166 valence electrons. The molecular weight excluding hydrogens is 418 g/mol. The lowest BCUT2D eigenvalue weighted by Crippen LogP contribution is -2.15. The van der Waals surface area contributed by atoms with Crippen LogP contribution < -0.4 is 4.90 Å². The van der Waals surface area contributed by atoms with Crippen LogP contribution in [0.25, 0.3) is 10.6 Å². The van der Waals surface area contributed by atoms with Crippen LogP contribution in [0.1, 0.15) is 26.3 Å². The summed E-state index contributed by atoms with van der Waals surface area (Å²) in [6, 6.07) is 30.6. The van der Waals surface area contributed by atoms with Crippen LogP contribution in [0.3, 0.4) is 0 Å². The Kier molecular flexibility index (Phi) is 6.35. The van der Waals surface area contributed by atoms with Gasteiger partial charge in [-0.05, 0) is 66.3 Å². The van der Waals surface area contributed by atoms with Crippen LogP contribution in [-0.2, 0) is 4.74 Å².